The van der Waals surface area contributed by atoms with Crippen molar-refractivity contribution in [2.75, 3.05) is 13.7 Å². The number of hydrogen-bond donors (Lipinski definition) is 0. The summed E-state index contributed by atoms with van der Waals surface area (Å²) in [5.41, 5.74) is 0.0928. The summed E-state index contributed by atoms with van der Waals surface area (Å²) in [6, 6.07) is 8.44. The molecule has 0 bridgehead atoms. The van der Waals surface area contributed by atoms with Crippen molar-refractivity contribution in [2.45, 2.75) is 50.6 Å². The average Bonchev–Trinajstić information content (AvgIpc) is 2.84. The molecule has 0 N–H and O–H groups in total. The number of esters is 1. The summed E-state index contributed by atoms with van der Waals surface area (Å²) in [6.45, 7) is 5.90. The number of rotatable bonds is 5. The van der Waals surface area contributed by atoms with Crippen LogP contribution in [0.2, 0.25) is 0 Å². The number of hydrogen-bond acceptors (Lipinski definition) is 3. The minimum Gasteiger partial charge on any atom is -0.469 e. The van der Waals surface area contributed by atoms with Gasteiger partial charge in [-0.2, -0.15) is 26.3 Å². The van der Waals surface area contributed by atoms with Gasteiger partial charge in [-0.1, -0.05) is 42.7 Å². The molecule has 1 saturated heterocycles. The van der Waals surface area contributed by atoms with Crippen molar-refractivity contribution in [1.29, 1.82) is 0 Å². The molecule has 1 aliphatic heterocycles. The van der Waals surface area contributed by atoms with Crippen molar-refractivity contribution in [1.82, 2.24) is 4.90 Å². The molecule has 9 heteroatoms. The predicted molar refractivity (Wildman–Crippen MR) is 127 cm³/mol. The van der Waals surface area contributed by atoms with Gasteiger partial charge in [0.15, 0.2) is 0 Å². The van der Waals surface area contributed by atoms with Crippen molar-refractivity contribution < 1.29 is 35.9 Å². The summed E-state index contributed by atoms with van der Waals surface area (Å²) in [6.07, 6.45) is -7.81. The van der Waals surface area contributed by atoms with E-state index in [1.54, 1.807) is 6.92 Å². The molecular weight excluding hydrogens is 496 g/mol. The maximum Gasteiger partial charge on any atom is 0.416 e. The Morgan fingerprint density at radius 3 is 2.05 bits per heavy atom. The minimum atomic E-state index is -4.49. The molecule has 1 fully saturated rings. The molecule has 37 heavy (non-hydrogen) atoms. The molecule has 0 spiro atoms. The Kier molecular flexibility index (Phi) is 8.75. The van der Waals surface area contributed by atoms with Crippen molar-refractivity contribution in [2.24, 2.45) is 5.92 Å². The van der Waals surface area contributed by atoms with Crippen LogP contribution in [-0.4, -0.2) is 24.5 Å². The highest BCUT2D eigenvalue weighted by Gasteiger charge is 2.37. The maximum atomic E-state index is 13.2. The van der Waals surface area contributed by atoms with Gasteiger partial charge >= 0.3 is 18.3 Å². The summed E-state index contributed by atoms with van der Waals surface area (Å²) >= 11 is 0. The number of nitrogens with zero attached hydrogens (tertiary/aromatic N) is 1. The molecule has 198 valence electrons. The van der Waals surface area contributed by atoms with Gasteiger partial charge in [-0.25, -0.2) is 0 Å². The van der Waals surface area contributed by atoms with Crippen LogP contribution in [0.15, 0.2) is 60.7 Å². The fourth-order valence-corrected chi connectivity index (χ4v) is 4.50. The highest BCUT2D eigenvalue weighted by molar-refractivity contribution is 5.69. The van der Waals surface area contributed by atoms with E-state index in [4.69, 9.17) is 4.74 Å². The first kappa shape index (κ1) is 28.3. The first-order valence-corrected chi connectivity index (χ1v) is 11.6. The van der Waals surface area contributed by atoms with E-state index in [9.17, 15) is 31.1 Å². The van der Waals surface area contributed by atoms with Crippen LogP contribution in [0.5, 0.6) is 0 Å². The van der Waals surface area contributed by atoms with Crippen LogP contribution in [0.3, 0.4) is 0 Å². The summed E-state index contributed by atoms with van der Waals surface area (Å²) in [5, 5.41) is 0. The number of methoxy groups -OCH3 is 1. The van der Waals surface area contributed by atoms with Gasteiger partial charge in [0.2, 0.25) is 0 Å². The monoisotopic (exact) mass is 523 g/mol. The average molecular weight is 524 g/mol. The van der Waals surface area contributed by atoms with Crippen LogP contribution >= 0.6 is 0 Å². The molecule has 1 aliphatic rings. The van der Waals surface area contributed by atoms with E-state index >= 15 is 0 Å². The normalized spacial score (nSPS) is 19.5. The van der Waals surface area contributed by atoms with Crippen LogP contribution in [0.4, 0.5) is 26.3 Å². The van der Waals surface area contributed by atoms with Crippen molar-refractivity contribution >= 4 is 5.97 Å². The van der Waals surface area contributed by atoms with Gasteiger partial charge in [0, 0.05) is 19.0 Å². The van der Waals surface area contributed by atoms with Crippen LogP contribution in [0, 0.1) is 17.8 Å². The Bertz CT molecular complexity index is 1160. The molecule has 1 heterocycles. The molecule has 2 aromatic rings. The minimum absolute atomic E-state index is 0.0849. The topological polar surface area (TPSA) is 29.5 Å². The number of allylic oxidation sites excluding steroid dienone is 1. The smallest absolute Gasteiger partial charge is 0.416 e. The maximum absolute atomic E-state index is 13.2. The van der Waals surface area contributed by atoms with Crippen LogP contribution < -0.4 is 0 Å². The zero-order valence-electron chi connectivity index (χ0n) is 20.4. The third-order valence-corrected chi connectivity index (χ3v) is 6.37. The second kappa shape index (κ2) is 11.4. The number of ether oxygens (including phenoxy) is 1. The molecule has 2 aromatic carbocycles. The molecule has 0 amide bonds. The fraction of sp³-hybridized carbons (Fsp3) is 0.393. The Hall–Kier alpha value is -3.25. The second-order valence-corrected chi connectivity index (χ2v) is 9.12. The Labute approximate surface area is 212 Å². The Balaban J connectivity index is 2.04. The molecule has 0 aromatic heterocycles. The van der Waals surface area contributed by atoms with Crippen LogP contribution in [0.25, 0.3) is 0 Å². The van der Waals surface area contributed by atoms with E-state index in [2.05, 4.69) is 18.4 Å². The van der Waals surface area contributed by atoms with Gasteiger partial charge < -0.3 is 4.74 Å². The zero-order chi connectivity index (χ0) is 27.4. The van der Waals surface area contributed by atoms with Crippen LogP contribution in [0.1, 0.15) is 60.5 Å². The van der Waals surface area contributed by atoms with E-state index in [1.807, 2.05) is 4.90 Å². The van der Waals surface area contributed by atoms with E-state index < -0.39 is 35.6 Å². The van der Waals surface area contributed by atoms with Crippen molar-refractivity contribution in [3.05, 3.63) is 82.9 Å². The third-order valence-electron chi connectivity index (χ3n) is 6.37. The Morgan fingerprint density at radius 2 is 1.57 bits per heavy atom. The lowest BCUT2D eigenvalue weighted by molar-refractivity contribution is -0.142. The quantitative estimate of drug-likeness (QED) is 0.233. The fourth-order valence-electron chi connectivity index (χ4n) is 4.50. The lowest BCUT2D eigenvalue weighted by Crippen LogP contribution is -2.39. The largest absolute Gasteiger partial charge is 0.469 e. The molecule has 3 rings (SSSR count). The predicted octanol–water partition coefficient (Wildman–Crippen LogP) is 7.36. The van der Waals surface area contributed by atoms with Crippen molar-refractivity contribution in [3.8, 4) is 11.8 Å². The van der Waals surface area contributed by atoms with Gasteiger partial charge in [0.25, 0.3) is 0 Å². The number of carbonyl (C=O) groups is 1. The number of carbonyl (C=O) groups excluding carboxylic acids is 1. The van der Waals surface area contributed by atoms with Gasteiger partial charge in [0.1, 0.15) is 0 Å². The number of benzene rings is 2. The third kappa shape index (κ3) is 7.39. The molecule has 0 unspecified atom stereocenters. The number of likely N-dealkylation sites (tertiary alicyclic amines) is 1. The highest BCUT2D eigenvalue weighted by atomic mass is 19.4. The van der Waals surface area contributed by atoms with Gasteiger partial charge in [0.05, 0.1) is 24.3 Å². The van der Waals surface area contributed by atoms with E-state index in [-0.39, 0.29) is 18.3 Å². The summed E-state index contributed by atoms with van der Waals surface area (Å²) < 4.78 is 83.7. The van der Waals surface area contributed by atoms with E-state index in [1.165, 1.54) is 31.4 Å². The van der Waals surface area contributed by atoms with Gasteiger partial charge in [-0.3, -0.25) is 9.69 Å². The molecule has 3 atom stereocenters. The standard InChI is InChI=1S/C28H27F6NO2/c1-18(2)4-13-24(20-5-9-22(10-6-20)27(29,30)31)35-15-14-19(17-26(36)37-3)16-25(35)21-7-11-23(12-8-21)28(32,33)34/h5-12,19,24-25H,1,14-17H2,2-3H3/t19-,24-,25+/m1/s1. The summed E-state index contributed by atoms with van der Waals surface area (Å²) in [5.74, 6) is 5.53. The SMILES string of the molecule is C=C(C)C#C[C@H](c1ccc(C(F)(F)F)cc1)N1CC[C@@H](CC(=O)OC)C[C@H]1c1ccc(C(F)(F)F)cc1. The summed E-state index contributed by atoms with van der Waals surface area (Å²) in [4.78, 5) is 13.9. The number of halogens is 6. The molecular formula is C28H27F6NO2. The first-order valence-electron chi connectivity index (χ1n) is 11.6. The first-order chi connectivity index (χ1) is 17.3. The summed E-state index contributed by atoms with van der Waals surface area (Å²) in [7, 11) is 1.29. The van der Waals surface area contributed by atoms with E-state index in [0.29, 0.717) is 36.1 Å². The molecule has 3 nitrogen and oxygen atoms in total. The second-order valence-electron chi connectivity index (χ2n) is 9.12. The van der Waals surface area contributed by atoms with Crippen LogP contribution in [-0.2, 0) is 21.9 Å². The van der Waals surface area contributed by atoms with E-state index in [0.717, 1.165) is 24.3 Å². The number of alkyl halides is 6. The zero-order valence-corrected chi connectivity index (χ0v) is 20.4. The molecule has 0 aliphatic carbocycles. The molecule has 0 radical (unpaired) electrons. The van der Waals surface area contributed by atoms with Gasteiger partial charge in [-0.15, -0.1) is 0 Å². The molecule has 0 saturated carbocycles. The number of piperidine rings is 1. The lowest BCUT2D eigenvalue weighted by atomic mass is 9.83. The lowest BCUT2D eigenvalue weighted by Gasteiger charge is -2.42. The van der Waals surface area contributed by atoms with Crippen molar-refractivity contribution in [3.63, 3.8) is 0 Å². The van der Waals surface area contributed by atoms with Gasteiger partial charge in [-0.05, 0) is 66.6 Å². The Morgan fingerprint density at radius 1 is 1.03 bits per heavy atom. The highest BCUT2D eigenvalue weighted by Crippen LogP contribution is 2.42.